The predicted octanol–water partition coefficient (Wildman–Crippen LogP) is 1.48. The number of hydrogen-bond donors (Lipinski definition) is 1. The molecule has 4 heteroatoms. The van der Waals surface area contributed by atoms with Gasteiger partial charge in [0.05, 0.1) is 18.4 Å². The third kappa shape index (κ3) is 4.87. The summed E-state index contributed by atoms with van der Waals surface area (Å²) in [6.45, 7) is 2.50. The molecule has 1 fully saturated rings. The summed E-state index contributed by atoms with van der Waals surface area (Å²) in [5.74, 6) is 1.66. The van der Waals surface area contributed by atoms with Gasteiger partial charge in [-0.3, -0.25) is 4.90 Å². The van der Waals surface area contributed by atoms with Crippen molar-refractivity contribution in [3.05, 3.63) is 0 Å². The molecule has 1 heterocycles. The summed E-state index contributed by atoms with van der Waals surface area (Å²) in [4.78, 5) is 2.40. The first kappa shape index (κ1) is 12.8. The molecule has 0 bridgehead atoms. The van der Waals surface area contributed by atoms with Gasteiger partial charge in [-0.2, -0.15) is 5.26 Å². The van der Waals surface area contributed by atoms with Gasteiger partial charge in [-0.05, 0) is 38.1 Å². The van der Waals surface area contributed by atoms with E-state index < -0.39 is 0 Å². The summed E-state index contributed by atoms with van der Waals surface area (Å²) in [5, 5.41) is 17.6. The van der Waals surface area contributed by atoms with Crippen LogP contribution in [0.5, 0.6) is 0 Å². The zero-order valence-electron chi connectivity index (χ0n) is 9.19. The van der Waals surface area contributed by atoms with Crippen LogP contribution < -0.4 is 0 Å². The molecule has 0 radical (unpaired) electrons. The Morgan fingerprint density at radius 1 is 1.47 bits per heavy atom. The van der Waals surface area contributed by atoms with E-state index in [1.54, 1.807) is 11.8 Å². The van der Waals surface area contributed by atoms with Gasteiger partial charge in [0, 0.05) is 6.04 Å². The lowest BCUT2D eigenvalue weighted by atomic mass is 10.0. The minimum atomic E-state index is 0.297. The van der Waals surface area contributed by atoms with Gasteiger partial charge in [0.15, 0.2) is 0 Å². The zero-order chi connectivity index (χ0) is 10.9. The lowest BCUT2D eigenvalue weighted by molar-refractivity contribution is 0.0907. The summed E-state index contributed by atoms with van der Waals surface area (Å²) in [5.41, 5.74) is 0. The van der Waals surface area contributed by atoms with Crippen LogP contribution in [0.1, 0.15) is 25.7 Å². The molecule has 3 nitrogen and oxygen atoms in total. The molecule has 86 valence electrons. The van der Waals surface area contributed by atoms with Crippen LogP contribution in [-0.4, -0.2) is 47.3 Å². The Labute approximate surface area is 96.5 Å². The summed E-state index contributed by atoms with van der Waals surface area (Å²) in [7, 11) is 0. The first-order valence-corrected chi connectivity index (χ1v) is 6.83. The van der Waals surface area contributed by atoms with Crippen molar-refractivity contribution in [3.63, 3.8) is 0 Å². The van der Waals surface area contributed by atoms with Crippen molar-refractivity contribution in [1.82, 2.24) is 4.90 Å². The highest BCUT2D eigenvalue weighted by Crippen LogP contribution is 2.17. The molecular weight excluding hydrogens is 208 g/mol. The highest BCUT2D eigenvalue weighted by Gasteiger charge is 2.20. The fraction of sp³-hybridized carbons (Fsp3) is 0.909. The first-order valence-electron chi connectivity index (χ1n) is 5.68. The number of hydrogen-bond acceptors (Lipinski definition) is 4. The molecule has 1 saturated heterocycles. The first-order chi connectivity index (χ1) is 7.38. The Balaban J connectivity index is 2.10. The molecule has 0 spiro atoms. The minimum Gasteiger partial charge on any atom is -0.395 e. The van der Waals surface area contributed by atoms with Crippen molar-refractivity contribution >= 4 is 11.8 Å². The second-order valence-corrected chi connectivity index (χ2v) is 5.04. The minimum absolute atomic E-state index is 0.297. The monoisotopic (exact) mass is 228 g/mol. The van der Waals surface area contributed by atoms with Gasteiger partial charge in [-0.25, -0.2) is 0 Å². The van der Waals surface area contributed by atoms with Crippen molar-refractivity contribution in [1.29, 1.82) is 5.26 Å². The van der Waals surface area contributed by atoms with Gasteiger partial charge in [-0.15, -0.1) is 11.8 Å². The van der Waals surface area contributed by atoms with Crippen LogP contribution in [-0.2, 0) is 0 Å². The van der Waals surface area contributed by atoms with Crippen molar-refractivity contribution in [2.45, 2.75) is 31.7 Å². The average Bonchev–Trinajstić information content (AvgIpc) is 2.29. The number of nitrogens with zero attached hydrogens (tertiary/aromatic N) is 2. The second kappa shape index (κ2) is 7.98. The molecule has 1 rings (SSSR count). The number of rotatable bonds is 6. The molecule has 15 heavy (non-hydrogen) atoms. The van der Waals surface area contributed by atoms with Crippen LogP contribution in [0.2, 0.25) is 0 Å². The quantitative estimate of drug-likeness (QED) is 0.700. The van der Waals surface area contributed by atoms with E-state index in [0.717, 1.165) is 31.7 Å². The van der Waals surface area contributed by atoms with Gasteiger partial charge in [0.1, 0.15) is 0 Å². The van der Waals surface area contributed by atoms with Gasteiger partial charge in [0.2, 0.25) is 0 Å². The van der Waals surface area contributed by atoms with Crippen molar-refractivity contribution in [3.8, 4) is 6.07 Å². The topological polar surface area (TPSA) is 47.3 Å². The second-order valence-electron chi connectivity index (χ2n) is 3.93. The van der Waals surface area contributed by atoms with Gasteiger partial charge >= 0.3 is 0 Å². The van der Waals surface area contributed by atoms with E-state index in [0.29, 0.717) is 18.4 Å². The standard InChI is InChI=1S/C11H20N2OS/c12-5-9-15-8-3-7-13-6-2-1-4-11(13)10-14/h11,14H,1-4,6-10H2. The SMILES string of the molecule is N#CCSCCCN1CCCCC1CO. The maximum atomic E-state index is 9.21. The molecule has 1 aliphatic heterocycles. The summed E-state index contributed by atoms with van der Waals surface area (Å²) < 4.78 is 0. The van der Waals surface area contributed by atoms with Crippen molar-refractivity contribution in [2.75, 3.05) is 31.2 Å². The number of likely N-dealkylation sites (tertiary alicyclic amines) is 1. The Bertz CT molecular complexity index is 205. The maximum absolute atomic E-state index is 9.21. The Kier molecular flexibility index (Phi) is 6.82. The van der Waals surface area contributed by atoms with Crippen LogP contribution in [0.25, 0.3) is 0 Å². The Morgan fingerprint density at radius 2 is 2.33 bits per heavy atom. The fourth-order valence-corrected chi connectivity index (χ4v) is 2.62. The summed E-state index contributed by atoms with van der Waals surface area (Å²) >= 11 is 1.70. The lowest BCUT2D eigenvalue weighted by Crippen LogP contribution is -2.42. The number of thioether (sulfide) groups is 1. The molecular formula is C11H20N2OS. The van der Waals surface area contributed by atoms with Gasteiger partial charge in [0.25, 0.3) is 0 Å². The van der Waals surface area contributed by atoms with E-state index in [2.05, 4.69) is 11.0 Å². The highest BCUT2D eigenvalue weighted by molar-refractivity contribution is 7.99. The van der Waals surface area contributed by atoms with E-state index in [4.69, 9.17) is 5.26 Å². The molecule has 1 unspecified atom stereocenters. The van der Waals surface area contributed by atoms with E-state index in [1.807, 2.05) is 0 Å². The van der Waals surface area contributed by atoms with Crippen LogP contribution in [0.3, 0.4) is 0 Å². The third-order valence-electron chi connectivity index (χ3n) is 2.86. The molecule has 0 aromatic heterocycles. The summed E-state index contributed by atoms with van der Waals surface area (Å²) in [6, 6.07) is 2.52. The van der Waals surface area contributed by atoms with E-state index in [9.17, 15) is 5.11 Å². The number of piperidine rings is 1. The third-order valence-corrected chi connectivity index (χ3v) is 3.77. The predicted molar refractivity (Wildman–Crippen MR) is 63.9 cm³/mol. The van der Waals surface area contributed by atoms with Crippen LogP contribution in [0.15, 0.2) is 0 Å². The summed E-state index contributed by atoms with van der Waals surface area (Å²) in [6.07, 6.45) is 4.79. The molecule has 0 aromatic carbocycles. The van der Waals surface area contributed by atoms with Gasteiger partial charge < -0.3 is 5.11 Å². The van der Waals surface area contributed by atoms with Gasteiger partial charge in [-0.1, -0.05) is 6.42 Å². The number of aliphatic hydroxyl groups is 1. The number of aliphatic hydroxyl groups excluding tert-OH is 1. The Morgan fingerprint density at radius 3 is 3.07 bits per heavy atom. The number of nitriles is 1. The van der Waals surface area contributed by atoms with E-state index >= 15 is 0 Å². The van der Waals surface area contributed by atoms with Crippen molar-refractivity contribution < 1.29 is 5.11 Å². The highest BCUT2D eigenvalue weighted by atomic mass is 32.2. The maximum Gasteiger partial charge on any atom is 0.0808 e. The van der Waals surface area contributed by atoms with E-state index in [-0.39, 0.29) is 0 Å². The van der Waals surface area contributed by atoms with Crippen LogP contribution in [0.4, 0.5) is 0 Å². The zero-order valence-corrected chi connectivity index (χ0v) is 10.0. The van der Waals surface area contributed by atoms with Crippen LogP contribution >= 0.6 is 11.8 Å². The molecule has 0 aliphatic carbocycles. The molecule has 0 saturated carbocycles. The van der Waals surface area contributed by atoms with E-state index in [1.165, 1.54) is 12.8 Å². The fourth-order valence-electron chi connectivity index (χ4n) is 2.05. The lowest BCUT2D eigenvalue weighted by Gasteiger charge is -2.34. The Hall–Kier alpha value is -0.240. The molecule has 1 aliphatic rings. The molecule has 0 amide bonds. The molecule has 1 atom stereocenters. The van der Waals surface area contributed by atoms with Crippen molar-refractivity contribution in [2.24, 2.45) is 0 Å². The largest absolute Gasteiger partial charge is 0.395 e. The average molecular weight is 228 g/mol. The smallest absolute Gasteiger partial charge is 0.0808 e. The van der Waals surface area contributed by atoms with Crippen LogP contribution in [0, 0.1) is 11.3 Å². The molecule has 0 aromatic rings. The molecule has 1 N–H and O–H groups in total. The normalized spacial score (nSPS) is 22.5.